The molecular weight excluding hydrogens is 271 g/mol. The Morgan fingerprint density at radius 3 is 2.76 bits per heavy atom. The van der Waals surface area contributed by atoms with Gasteiger partial charge in [0.15, 0.2) is 0 Å². The van der Waals surface area contributed by atoms with Crippen LogP contribution in [0.4, 0.5) is 4.39 Å². The fourth-order valence-electron chi connectivity index (χ4n) is 2.78. The number of rotatable bonds is 3. The average Bonchev–Trinajstić information content (AvgIpc) is 2.86. The van der Waals surface area contributed by atoms with E-state index in [0.717, 1.165) is 25.3 Å². The molecule has 4 nitrogen and oxygen atoms in total. The van der Waals surface area contributed by atoms with E-state index in [1.165, 1.54) is 12.1 Å². The van der Waals surface area contributed by atoms with Gasteiger partial charge in [-0.3, -0.25) is 4.90 Å². The molecule has 112 valence electrons. The van der Waals surface area contributed by atoms with Gasteiger partial charge in [-0.2, -0.15) is 0 Å². The molecule has 5 heteroatoms. The van der Waals surface area contributed by atoms with Crippen molar-refractivity contribution >= 4 is 0 Å². The third kappa shape index (κ3) is 3.49. The fourth-order valence-corrected chi connectivity index (χ4v) is 2.78. The number of aromatic nitrogens is 1. The standard InChI is InChI=1S/C16H19FN2O2/c1-11-7-19(8-12(2)21-11)9-15-10-20-16(18-15)13-4-3-5-14(17)6-13/h3-6,10-12H,7-9H2,1-2H3/t11-,12-/m1/s1. The number of nitrogens with zero attached hydrogens (tertiary/aromatic N) is 2. The number of hydrogen-bond donors (Lipinski definition) is 0. The van der Waals surface area contributed by atoms with Gasteiger partial charge in [0.1, 0.15) is 12.1 Å². The van der Waals surface area contributed by atoms with Crippen molar-refractivity contribution in [2.45, 2.75) is 32.6 Å². The summed E-state index contributed by atoms with van der Waals surface area (Å²) in [6.45, 7) is 6.63. The van der Waals surface area contributed by atoms with Crippen molar-refractivity contribution in [3.8, 4) is 11.5 Å². The Hall–Kier alpha value is -1.72. The summed E-state index contributed by atoms with van der Waals surface area (Å²) in [5.74, 6) is 0.168. The summed E-state index contributed by atoms with van der Waals surface area (Å²) >= 11 is 0. The maximum atomic E-state index is 13.2. The van der Waals surface area contributed by atoms with Crippen LogP contribution in [0.1, 0.15) is 19.5 Å². The van der Waals surface area contributed by atoms with E-state index < -0.39 is 0 Å². The Kier molecular flexibility index (Phi) is 4.03. The first-order valence-corrected chi connectivity index (χ1v) is 7.18. The van der Waals surface area contributed by atoms with Gasteiger partial charge < -0.3 is 9.15 Å². The molecule has 2 aromatic rings. The fraction of sp³-hybridized carbons (Fsp3) is 0.438. The van der Waals surface area contributed by atoms with Crippen LogP contribution in [0.25, 0.3) is 11.5 Å². The monoisotopic (exact) mass is 290 g/mol. The van der Waals surface area contributed by atoms with E-state index in [0.29, 0.717) is 11.5 Å². The van der Waals surface area contributed by atoms with E-state index in [4.69, 9.17) is 9.15 Å². The van der Waals surface area contributed by atoms with Crippen LogP contribution in [-0.4, -0.2) is 35.2 Å². The SMILES string of the molecule is C[C@@H]1CN(Cc2coc(-c3cccc(F)c3)n2)C[C@@H](C)O1. The Bertz CT molecular complexity index is 604. The van der Waals surface area contributed by atoms with Gasteiger partial charge in [-0.05, 0) is 32.0 Å². The molecule has 0 bridgehead atoms. The van der Waals surface area contributed by atoms with Gasteiger partial charge in [0.25, 0.3) is 0 Å². The van der Waals surface area contributed by atoms with Gasteiger partial charge in [-0.1, -0.05) is 6.07 Å². The van der Waals surface area contributed by atoms with Gasteiger partial charge in [-0.25, -0.2) is 9.37 Å². The largest absolute Gasteiger partial charge is 0.444 e. The quantitative estimate of drug-likeness (QED) is 0.870. The first-order valence-electron chi connectivity index (χ1n) is 7.18. The number of oxazole rings is 1. The van der Waals surface area contributed by atoms with Crippen LogP contribution in [0.3, 0.4) is 0 Å². The van der Waals surface area contributed by atoms with Gasteiger partial charge >= 0.3 is 0 Å². The lowest BCUT2D eigenvalue weighted by molar-refractivity contribution is -0.0707. The zero-order valence-electron chi connectivity index (χ0n) is 12.3. The Labute approximate surface area is 123 Å². The van der Waals surface area contributed by atoms with E-state index >= 15 is 0 Å². The van der Waals surface area contributed by atoms with Crippen LogP contribution in [-0.2, 0) is 11.3 Å². The van der Waals surface area contributed by atoms with Crippen molar-refractivity contribution in [3.05, 3.63) is 42.0 Å². The van der Waals surface area contributed by atoms with Crippen LogP contribution >= 0.6 is 0 Å². The lowest BCUT2D eigenvalue weighted by Crippen LogP contribution is -2.44. The van der Waals surface area contributed by atoms with E-state index in [2.05, 4.69) is 23.7 Å². The van der Waals surface area contributed by atoms with E-state index in [1.54, 1.807) is 18.4 Å². The van der Waals surface area contributed by atoms with Crippen molar-refractivity contribution < 1.29 is 13.5 Å². The lowest BCUT2D eigenvalue weighted by Gasteiger charge is -2.34. The Morgan fingerprint density at radius 2 is 2.05 bits per heavy atom. The molecule has 0 saturated carbocycles. The van der Waals surface area contributed by atoms with Gasteiger partial charge in [0, 0.05) is 25.2 Å². The third-order valence-corrected chi connectivity index (χ3v) is 3.50. The number of morpholine rings is 1. The van der Waals surface area contributed by atoms with Gasteiger partial charge in [-0.15, -0.1) is 0 Å². The molecule has 1 aromatic carbocycles. The summed E-state index contributed by atoms with van der Waals surface area (Å²) in [7, 11) is 0. The Balaban J connectivity index is 1.70. The molecule has 1 fully saturated rings. The molecule has 0 amide bonds. The molecular formula is C16H19FN2O2. The minimum Gasteiger partial charge on any atom is -0.444 e. The first-order chi connectivity index (χ1) is 10.1. The number of hydrogen-bond acceptors (Lipinski definition) is 4. The molecule has 1 aliphatic heterocycles. The molecule has 21 heavy (non-hydrogen) atoms. The molecule has 0 spiro atoms. The smallest absolute Gasteiger partial charge is 0.226 e. The van der Waals surface area contributed by atoms with E-state index in [1.807, 2.05) is 0 Å². The number of benzene rings is 1. The molecule has 2 atom stereocenters. The van der Waals surface area contributed by atoms with Crippen LogP contribution < -0.4 is 0 Å². The summed E-state index contributed by atoms with van der Waals surface area (Å²) in [4.78, 5) is 6.75. The first kappa shape index (κ1) is 14.2. The van der Waals surface area contributed by atoms with Crippen molar-refractivity contribution in [2.24, 2.45) is 0 Å². The summed E-state index contributed by atoms with van der Waals surface area (Å²) in [6.07, 6.45) is 2.09. The second kappa shape index (κ2) is 5.95. The van der Waals surface area contributed by atoms with Crippen LogP contribution in [0, 0.1) is 5.82 Å². The molecule has 0 radical (unpaired) electrons. The second-order valence-corrected chi connectivity index (χ2v) is 5.61. The van der Waals surface area contributed by atoms with Crippen molar-refractivity contribution in [1.82, 2.24) is 9.88 Å². The Morgan fingerprint density at radius 1 is 1.29 bits per heavy atom. The summed E-state index contributed by atoms with van der Waals surface area (Å²) < 4.78 is 24.4. The zero-order valence-corrected chi connectivity index (χ0v) is 12.3. The molecule has 1 aromatic heterocycles. The molecule has 1 saturated heterocycles. The van der Waals surface area contributed by atoms with E-state index in [9.17, 15) is 4.39 Å². The molecule has 0 aliphatic carbocycles. The van der Waals surface area contributed by atoms with Crippen molar-refractivity contribution in [3.63, 3.8) is 0 Å². The van der Waals surface area contributed by atoms with Gasteiger partial charge in [0.05, 0.1) is 17.9 Å². The predicted octanol–water partition coefficient (Wildman–Crippen LogP) is 3.09. The molecule has 0 unspecified atom stereocenters. The van der Waals surface area contributed by atoms with E-state index in [-0.39, 0.29) is 18.0 Å². The molecule has 1 aliphatic rings. The van der Waals surface area contributed by atoms with Crippen molar-refractivity contribution in [2.75, 3.05) is 13.1 Å². The maximum absolute atomic E-state index is 13.2. The summed E-state index contributed by atoms with van der Waals surface area (Å²) in [6, 6.07) is 6.27. The van der Waals surface area contributed by atoms with Crippen LogP contribution in [0.2, 0.25) is 0 Å². The van der Waals surface area contributed by atoms with Crippen LogP contribution in [0.5, 0.6) is 0 Å². The third-order valence-electron chi connectivity index (χ3n) is 3.50. The minimum absolute atomic E-state index is 0.225. The molecule has 2 heterocycles. The summed E-state index contributed by atoms with van der Waals surface area (Å²) in [5, 5.41) is 0. The highest BCUT2D eigenvalue weighted by atomic mass is 19.1. The highest BCUT2D eigenvalue weighted by molar-refractivity contribution is 5.52. The highest BCUT2D eigenvalue weighted by Gasteiger charge is 2.23. The molecule has 0 N–H and O–H groups in total. The summed E-state index contributed by atoms with van der Waals surface area (Å²) in [5.41, 5.74) is 1.51. The molecule has 3 rings (SSSR count). The number of halogens is 1. The lowest BCUT2D eigenvalue weighted by atomic mass is 10.2. The maximum Gasteiger partial charge on any atom is 0.226 e. The normalized spacial score (nSPS) is 23.4. The zero-order chi connectivity index (χ0) is 14.8. The second-order valence-electron chi connectivity index (χ2n) is 5.61. The van der Waals surface area contributed by atoms with Crippen LogP contribution in [0.15, 0.2) is 34.9 Å². The topological polar surface area (TPSA) is 38.5 Å². The predicted molar refractivity (Wildman–Crippen MR) is 77.2 cm³/mol. The van der Waals surface area contributed by atoms with Gasteiger partial charge in [0.2, 0.25) is 5.89 Å². The average molecular weight is 290 g/mol. The minimum atomic E-state index is -0.289. The number of ether oxygens (including phenoxy) is 1. The highest BCUT2D eigenvalue weighted by Crippen LogP contribution is 2.21. The van der Waals surface area contributed by atoms with Crippen molar-refractivity contribution in [1.29, 1.82) is 0 Å².